The van der Waals surface area contributed by atoms with Crippen LogP contribution < -0.4 is 23.7 Å². The van der Waals surface area contributed by atoms with Crippen molar-refractivity contribution in [3.05, 3.63) is 66.2 Å². The quantitative estimate of drug-likeness (QED) is 0.292. The smallest absolute Gasteiger partial charge is 0.265 e. The number of benzene rings is 3. The maximum Gasteiger partial charge on any atom is 0.265 e. The maximum absolute atomic E-state index is 14.6. The normalized spacial score (nSPS) is 11.6. The first-order valence-electron chi connectivity index (χ1n) is 11.6. The predicted molar refractivity (Wildman–Crippen MR) is 139 cm³/mol. The van der Waals surface area contributed by atoms with E-state index in [1.165, 1.54) is 31.4 Å². The van der Waals surface area contributed by atoms with Crippen LogP contribution in [0.2, 0.25) is 0 Å². The first-order valence-corrected chi connectivity index (χ1v) is 14.6. The Morgan fingerprint density at radius 3 is 1.68 bits per heavy atom. The van der Waals surface area contributed by atoms with Crippen molar-refractivity contribution in [2.75, 3.05) is 29.8 Å². The van der Waals surface area contributed by atoms with Gasteiger partial charge in [-0.3, -0.25) is 9.44 Å². The van der Waals surface area contributed by atoms with Crippen LogP contribution in [0.3, 0.4) is 0 Å². The molecule has 0 amide bonds. The number of methoxy groups -OCH3 is 1. The molecule has 38 heavy (non-hydrogen) atoms. The lowest BCUT2D eigenvalue weighted by atomic mass is 10.3. The first kappa shape index (κ1) is 29.0. The number of hydrogen-bond acceptors (Lipinski definition) is 7. The third-order valence-corrected chi connectivity index (χ3v) is 7.80. The minimum Gasteiger partial charge on any atom is -0.495 e. The van der Waals surface area contributed by atoms with Gasteiger partial charge < -0.3 is 14.2 Å². The van der Waals surface area contributed by atoms with Crippen LogP contribution in [0.5, 0.6) is 17.2 Å². The van der Waals surface area contributed by atoms with Crippen molar-refractivity contribution in [2.24, 2.45) is 0 Å². The Hall–Kier alpha value is -3.58. The number of anilines is 2. The topological polar surface area (TPSA) is 120 Å². The fourth-order valence-corrected chi connectivity index (χ4v) is 5.74. The van der Waals surface area contributed by atoms with Crippen LogP contribution in [0.4, 0.5) is 20.2 Å². The highest BCUT2D eigenvalue weighted by atomic mass is 32.2. The molecule has 3 rings (SSSR count). The molecule has 2 N–H and O–H groups in total. The summed E-state index contributed by atoms with van der Waals surface area (Å²) in [5, 5.41) is 0. The molecule has 0 aliphatic carbocycles. The van der Waals surface area contributed by atoms with Crippen molar-refractivity contribution >= 4 is 31.4 Å². The van der Waals surface area contributed by atoms with Gasteiger partial charge in [-0.2, -0.15) is 0 Å². The van der Waals surface area contributed by atoms with Crippen molar-refractivity contribution in [3.8, 4) is 17.2 Å². The van der Waals surface area contributed by atoms with Gasteiger partial charge in [-0.1, -0.05) is 26.0 Å². The van der Waals surface area contributed by atoms with Gasteiger partial charge in [-0.05, 0) is 55.3 Å². The molecule has 3 aromatic rings. The van der Waals surface area contributed by atoms with E-state index in [4.69, 9.17) is 14.2 Å². The third-order valence-electron chi connectivity index (χ3n) is 5.08. The van der Waals surface area contributed by atoms with Crippen molar-refractivity contribution in [2.45, 2.75) is 36.5 Å². The van der Waals surface area contributed by atoms with Crippen LogP contribution in [0.15, 0.2) is 64.4 Å². The molecule has 9 nitrogen and oxygen atoms in total. The average Bonchev–Trinajstić information content (AvgIpc) is 2.88. The van der Waals surface area contributed by atoms with Crippen molar-refractivity contribution < 1.29 is 39.8 Å². The lowest BCUT2D eigenvalue weighted by Gasteiger charge is -2.17. The fraction of sp³-hybridized carbons (Fsp3) is 0.280. The summed E-state index contributed by atoms with van der Waals surface area (Å²) in [6.45, 7) is 4.08. The molecule has 0 aliphatic rings. The standard InChI is InChI=1S/C25H28F2N2O7S2/c1-4-14-35-21-10-6-8-18(26)24(21)28-37(30,31)17-12-13-20(34-3)23(16-17)38(32,33)29-25-19(27)9-7-11-22(25)36-15-5-2/h6-13,16,28-29H,4-5,14-15H2,1-3H3. The Labute approximate surface area is 220 Å². The minimum absolute atomic E-state index is 0.0300. The van der Waals surface area contributed by atoms with E-state index in [-0.39, 0.29) is 30.5 Å². The SMILES string of the molecule is CCCOc1cccc(F)c1NS(=O)(=O)c1ccc(OC)c(S(=O)(=O)Nc2c(F)cccc2OCCC)c1. The van der Waals surface area contributed by atoms with E-state index in [0.717, 1.165) is 30.3 Å². The summed E-state index contributed by atoms with van der Waals surface area (Å²) in [6, 6.07) is 10.7. The summed E-state index contributed by atoms with van der Waals surface area (Å²) in [6.07, 6.45) is 1.19. The van der Waals surface area contributed by atoms with Crippen LogP contribution >= 0.6 is 0 Å². The summed E-state index contributed by atoms with van der Waals surface area (Å²) >= 11 is 0. The van der Waals surface area contributed by atoms with Crippen LogP contribution in [0, 0.1) is 11.6 Å². The fourth-order valence-electron chi connectivity index (χ4n) is 3.29. The second kappa shape index (κ2) is 12.3. The molecular formula is C25H28F2N2O7S2. The lowest BCUT2D eigenvalue weighted by molar-refractivity contribution is 0.317. The molecule has 0 saturated carbocycles. The zero-order chi connectivity index (χ0) is 27.9. The molecule has 0 radical (unpaired) electrons. The Balaban J connectivity index is 2.03. The van der Waals surface area contributed by atoms with Crippen LogP contribution in [0.25, 0.3) is 0 Å². The molecule has 0 bridgehead atoms. The Morgan fingerprint density at radius 2 is 1.21 bits per heavy atom. The van der Waals surface area contributed by atoms with Gasteiger partial charge in [0, 0.05) is 0 Å². The predicted octanol–water partition coefficient (Wildman–Crippen LogP) is 5.15. The molecule has 13 heteroatoms. The van der Waals surface area contributed by atoms with Gasteiger partial charge in [-0.15, -0.1) is 0 Å². The lowest BCUT2D eigenvalue weighted by Crippen LogP contribution is -2.19. The molecule has 0 unspecified atom stereocenters. The number of ether oxygens (including phenoxy) is 3. The van der Waals surface area contributed by atoms with Crippen LogP contribution in [-0.2, 0) is 20.0 Å². The molecule has 0 aliphatic heterocycles. The van der Waals surface area contributed by atoms with Gasteiger partial charge in [0.2, 0.25) is 0 Å². The second-order valence-corrected chi connectivity index (χ2v) is 11.3. The minimum atomic E-state index is -4.60. The molecular weight excluding hydrogens is 542 g/mol. The number of nitrogens with one attached hydrogen (secondary N) is 2. The summed E-state index contributed by atoms with van der Waals surface area (Å²) in [5.74, 6) is -2.06. The monoisotopic (exact) mass is 570 g/mol. The van der Waals surface area contributed by atoms with Gasteiger partial charge in [0.15, 0.2) is 11.6 Å². The van der Waals surface area contributed by atoms with Gasteiger partial charge in [0.25, 0.3) is 20.0 Å². The number of sulfonamides is 2. The van der Waals surface area contributed by atoms with E-state index in [1.807, 2.05) is 13.8 Å². The van der Waals surface area contributed by atoms with E-state index >= 15 is 0 Å². The number of rotatable bonds is 13. The van der Waals surface area contributed by atoms with Gasteiger partial charge in [0.1, 0.15) is 33.5 Å². The zero-order valence-corrected chi connectivity index (χ0v) is 22.6. The summed E-state index contributed by atoms with van der Waals surface area (Å²) < 4.78 is 102. The van der Waals surface area contributed by atoms with Gasteiger partial charge >= 0.3 is 0 Å². The second-order valence-electron chi connectivity index (χ2n) is 7.95. The van der Waals surface area contributed by atoms with E-state index < -0.39 is 52.8 Å². The molecule has 0 heterocycles. The summed E-state index contributed by atoms with van der Waals surface area (Å²) in [7, 11) is -7.91. The van der Waals surface area contributed by atoms with Crippen LogP contribution in [0.1, 0.15) is 26.7 Å². The van der Waals surface area contributed by atoms with E-state index in [1.54, 1.807) is 0 Å². The maximum atomic E-state index is 14.6. The highest BCUT2D eigenvalue weighted by Crippen LogP contribution is 2.35. The van der Waals surface area contributed by atoms with E-state index in [2.05, 4.69) is 9.44 Å². The summed E-state index contributed by atoms with van der Waals surface area (Å²) in [4.78, 5) is -1.11. The van der Waals surface area contributed by atoms with Gasteiger partial charge in [-0.25, -0.2) is 25.6 Å². The van der Waals surface area contributed by atoms with E-state index in [0.29, 0.717) is 12.8 Å². The third kappa shape index (κ3) is 6.64. The molecule has 0 saturated heterocycles. The number of halogens is 2. The Bertz CT molecular complexity index is 1500. The number of hydrogen-bond donors (Lipinski definition) is 2. The Kier molecular flexibility index (Phi) is 9.39. The first-order chi connectivity index (χ1) is 18.0. The Morgan fingerprint density at radius 1 is 0.711 bits per heavy atom. The molecule has 206 valence electrons. The largest absolute Gasteiger partial charge is 0.495 e. The number of para-hydroxylation sites is 2. The zero-order valence-electron chi connectivity index (χ0n) is 21.0. The molecule has 0 spiro atoms. The van der Waals surface area contributed by atoms with Crippen molar-refractivity contribution in [1.29, 1.82) is 0 Å². The molecule has 0 atom stereocenters. The van der Waals surface area contributed by atoms with E-state index in [9.17, 15) is 25.6 Å². The van der Waals surface area contributed by atoms with Crippen LogP contribution in [-0.4, -0.2) is 37.2 Å². The highest BCUT2D eigenvalue weighted by molar-refractivity contribution is 7.93. The van der Waals surface area contributed by atoms with Crippen molar-refractivity contribution in [3.63, 3.8) is 0 Å². The molecule has 0 aromatic heterocycles. The van der Waals surface area contributed by atoms with Crippen molar-refractivity contribution in [1.82, 2.24) is 0 Å². The average molecular weight is 571 g/mol. The van der Waals surface area contributed by atoms with Gasteiger partial charge in [0.05, 0.1) is 25.2 Å². The highest BCUT2D eigenvalue weighted by Gasteiger charge is 2.27. The molecule has 0 fully saturated rings. The summed E-state index contributed by atoms with van der Waals surface area (Å²) in [5.41, 5.74) is -0.873. The molecule has 3 aromatic carbocycles.